The van der Waals surface area contributed by atoms with Crippen LogP contribution in [0.25, 0.3) is 0 Å². The summed E-state index contributed by atoms with van der Waals surface area (Å²) in [6.45, 7) is 8.02. The molecule has 1 atom stereocenters. The molecular formula is C22H30N2O5S. The third-order valence-electron chi connectivity index (χ3n) is 4.23. The van der Waals surface area contributed by atoms with Crippen molar-refractivity contribution in [3.05, 3.63) is 48.5 Å². The fraction of sp³-hybridized carbons (Fsp3) is 0.409. The van der Waals surface area contributed by atoms with E-state index in [1.165, 1.54) is 0 Å². The molecule has 0 unspecified atom stereocenters. The molecule has 0 saturated carbocycles. The third-order valence-corrected chi connectivity index (χ3v) is 5.41. The number of sulfonamides is 1. The van der Waals surface area contributed by atoms with E-state index in [2.05, 4.69) is 5.32 Å². The number of nitrogens with zero attached hydrogens (tertiary/aromatic N) is 1. The number of ether oxygens (including phenoxy) is 2. The maximum atomic E-state index is 13.0. The Kier molecular flexibility index (Phi) is 8.11. The SMILES string of the molecule is CCOc1ccc(N([C@H](CC)C(=O)Nc2ccc(OC(C)C)cc2)S(C)(=O)=O)cc1. The molecular weight excluding hydrogens is 404 g/mol. The Labute approximate surface area is 179 Å². The van der Waals surface area contributed by atoms with Gasteiger partial charge in [-0.3, -0.25) is 9.10 Å². The average Bonchev–Trinajstić information content (AvgIpc) is 2.67. The van der Waals surface area contributed by atoms with E-state index in [0.29, 0.717) is 35.9 Å². The quantitative estimate of drug-likeness (QED) is 0.610. The molecule has 0 bridgehead atoms. The fourth-order valence-electron chi connectivity index (χ4n) is 3.03. The van der Waals surface area contributed by atoms with Crippen LogP contribution in [-0.4, -0.2) is 39.3 Å². The van der Waals surface area contributed by atoms with Gasteiger partial charge in [-0.05, 0) is 75.7 Å². The standard InChI is InChI=1S/C22H30N2O5S/c1-6-21(22(25)23-17-8-12-20(13-9-17)29-16(3)4)24(30(5,26)27)18-10-14-19(15-11-18)28-7-2/h8-16,21H,6-7H2,1-5H3,(H,23,25)/t21-/m1/s1. The minimum Gasteiger partial charge on any atom is -0.494 e. The Hall–Kier alpha value is -2.74. The lowest BCUT2D eigenvalue weighted by Gasteiger charge is -2.30. The average molecular weight is 435 g/mol. The second-order valence-electron chi connectivity index (χ2n) is 7.09. The Morgan fingerprint density at radius 1 is 1.00 bits per heavy atom. The van der Waals surface area contributed by atoms with Crippen molar-refractivity contribution < 1.29 is 22.7 Å². The molecule has 8 heteroatoms. The van der Waals surface area contributed by atoms with Crippen LogP contribution in [0.3, 0.4) is 0 Å². The van der Waals surface area contributed by atoms with Crippen molar-refractivity contribution >= 4 is 27.3 Å². The first-order chi connectivity index (χ1) is 14.2. The second kappa shape index (κ2) is 10.3. The molecule has 1 amide bonds. The molecule has 0 heterocycles. The highest BCUT2D eigenvalue weighted by molar-refractivity contribution is 7.92. The van der Waals surface area contributed by atoms with Gasteiger partial charge in [0, 0.05) is 5.69 Å². The van der Waals surface area contributed by atoms with E-state index in [1.807, 2.05) is 20.8 Å². The highest BCUT2D eigenvalue weighted by Crippen LogP contribution is 2.26. The Balaban J connectivity index is 2.25. The largest absolute Gasteiger partial charge is 0.494 e. The zero-order valence-electron chi connectivity index (χ0n) is 18.1. The summed E-state index contributed by atoms with van der Waals surface area (Å²) >= 11 is 0. The molecule has 0 aliphatic rings. The molecule has 2 aromatic rings. The van der Waals surface area contributed by atoms with Crippen LogP contribution in [0, 0.1) is 0 Å². The van der Waals surface area contributed by atoms with Crippen molar-refractivity contribution in [3.8, 4) is 11.5 Å². The Bertz CT molecular complexity index is 925. The van der Waals surface area contributed by atoms with Gasteiger partial charge in [0.1, 0.15) is 17.5 Å². The summed E-state index contributed by atoms with van der Waals surface area (Å²) in [5.74, 6) is 0.924. The molecule has 7 nitrogen and oxygen atoms in total. The Morgan fingerprint density at radius 2 is 1.57 bits per heavy atom. The third kappa shape index (κ3) is 6.38. The minimum absolute atomic E-state index is 0.0485. The van der Waals surface area contributed by atoms with Crippen molar-refractivity contribution in [2.75, 3.05) is 22.5 Å². The summed E-state index contributed by atoms with van der Waals surface area (Å²) in [6.07, 6.45) is 1.45. The van der Waals surface area contributed by atoms with Crippen LogP contribution < -0.4 is 19.1 Å². The normalized spacial score (nSPS) is 12.3. The number of nitrogens with one attached hydrogen (secondary N) is 1. The van der Waals surface area contributed by atoms with Crippen molar-refractivity contribution in [3.63, 3.8) is 0 Å². The van der Waals surface area contributed by atoms with Crippen LogP contribution in [-0.2, 0) is 14.8 Å². The fourth-order valence-corrected chi connectivity index (χ4v) is 4.24. The maximum Gasteiger partial charge on any atom is 0.248 e. The summed E-state index contributed by atoms with van der Waals surface area (Å²) in [7, 11) is -3.70. The van der Waals surface area contributed by atoms with Crippen LogP contribution >= 0.6 is 0 Å². The second-order valence-corrected chi connectivity index (χ2v) is 8.95. The first-order valence-electron chi connectivity index (χ1n) is 9.95. The van der Waals surface area contributed by atoms with Crippen molar-refractivity contribution in [1.29, 1.82) is 0 Å². The first kappa shape index (κ1) is 23.5. The zero-order valence-corrected chi connectivity index (χ0v) is 18.9. The molecule has 1 N–H and O–H groups in total. The number of carbonyl (C=O) groups is 1. The van der Waals surface area contributed by atoms with Gasteiger partial charge in [0.15, 0.2) is 0 Å². The molecule has 164 valence electrons. The van der Waals surface area contributed by atoms with E-state index in [9.17, 15) is 13.2 Å². The van der Waals surface area contributed by atoms with Gasteiger partial charge in [-0.1, -0.05) is 6.92 Å². The van der Waals surface area contributed by atoms with E-state index in [4.69, 9.17) is 9.47 Å². The van der Waals surface area contributed by atoms with E-state index >= 15 is 0 Å². The van der Waals surface area contributed by atoms with E-state index in [0.717, 1.165) is 10.6 Å². The molecule has 0 aliphatic carbocycles. The minimum atomic E-state index is -3.70. The van der Waals surface area contributed by atoms with Gasteiger partial charge in [-0.25, -0.2) is 8.42 Å². The van der Waals surface area contributed by atoms with Gasteiger partial charge in [0.05, 0.1) is 24.7 Å². The van der Waals surface area contributed by atoms with Gasteiger partial charge >= 0.3 is 0 Å². The molecule has 0 aromatic heterocycles. The van der Waals surface area contributed by atoms with Crippen molar-refractivity contribution in [1.82, 2.24) is 0 Å². The lowest BCUT2D eigenvalue weighted by Crippen LogP contribution is -2.46. The predicted molar refractivity (Wildman–Crippen MR) is 120 cm³/mol. The number of hydrogen-bond acceptors (Lipinski definition) is 5. The first-order valence-corrected chi connectivity index (χ1v) is 11.8. The van der Waals surface area contributed by atoms with E-state index < -0.39 is 22.0 Å². The molecule has 0 spiro atoms. The van der Waals surface area contributed by atoms with Crippen LogP contribution in [0.4, 0.5) is 11.4 Å². The number of anilines is 2. The van der Waals surface area contributed by atoms with Crippen LogP contribution in [0.1, 0.15) is 34.1 Å². The van der Waals surface area contributed by atoms with Crippen molar-refractivity contribution in [2.24, 2.45) is 0 Å². The highest BCUT2D eigenvalue weighted by Gasteiger charge is 2.31. The number of rotatable bonds is 10. The summed E-state index contributed by atoms with van der Waals surface area (Å²) < 4.78 is 37.3. The maximum absolute atomic E-state index is 13.0. The number of hydrogen-bond donors (Lipinski definition) is 1. The number of amides is 1. The van der Waals surface area contributed by atoms with Crippen LogP contribution in [0.15, 0.2) is 48.5 Å². The molecule has 0 fully saturated rings. The van der Waals surface area contributed by atoms with Gasteiger partial charge in [0.2, 0.25) is 15.9 Å². The summed E-state index contributed by atoms with van der Waals surface area (Å²) in [5, 5.41) is 2.80. The molecule has 30 heavy (non-hydrogen) atoms. The number of carbonyl (C=O) groups excluding carboxylic acids is 1. The Morgan fingerprint density at radius 3 is 2.03 bits per heavy atom. The van der Waals surface area contributed by atoms with Crippen LogP contribution in [0.2, 0.25) is 0 Å². The van der Waals surface area contributed by atoms with Gasteiger partial charge < -0.3 is 14.8 Å². The lowest BCUT2D eigenvalue weighted by molar-refractivity contribution is -0.117. The van der Waals surface area contributed by atoms with Crippen molar-refractivity contribution in [2.45, 2.75) is 46.3 Å². The molecule has 0 aliphatic heterocycles. The van der Waals surface area contributed by atoms with Crippen LogP contribution in [0.5, 0.6) is 11.5 Å². The summed E-state index contributed by atoms with van der Waals surface area (Å²) in [5.41, 5.74) is 0.971. The zero-order chi connectivity index (χ0) is 22.3. The number of benzene rings is 2. The van der Waals surface area contributed by atoms with E-state index in [-0.39, 0.29) is 6.10 Å². The predicted octanol–water partition coefficient (Wildman–Crippen LogP) is 4.06. The molecule has 2 rings (SSSR count). The van der Waals surface area contributed by atoms with Gasteiger partial charge in [-0.15, -0.1) is 0 Å². The molecule has 0 radical (unpaired) electrons. The van der Waals surface area contributed by atoms with E-state index in [1.54, 1.807) is 55.5 Å². The smallest absolute Gasteiger partial charge is 0.248 e. The highest BCUT2D eigenvalue weighted by atomic mass is 32.2. The van der Waals surface area contributed by atoms with Gasteiger partial charge in [-0.2, -0.15) is 0 Å². The van der Waals surface area contributed by atoms with Gasteiger partial charge in [0.25, 0.3) is 0 Å². The monoisotopic (exact) mass is 434 g/mol. The lowest BCUT2D eigenvalue weighted by atomic mass is 10.1. The summed E-state index contributed by atoms with van der Waals surface area (Å²) in [6, 6.07) is 12.7. The molecule has 2 aromatic carbocycles. The topological polar surface area (TPSA) is 84.9 Å². The molecule has 0 saturated heterocycles. The summed E-state index contributed by atoms with van der Waals surface area (Å²) in [4.78, 5) is 13.0.